The topological polar surface area (TPSA) is 29.5 Å². The van der Waals surface area contributed by atoms with E-state index in [4.69, 9.17) is 4.74 Å². The molecular weight excluding hydrogens is 238 g/mol. The number of aryl methyl sites for hydroxylation is 1. The van der Waals surface area contributed by atoms with Crippen LogP contribution in [0.3, 0.4) is 0 Å². The molecule has 0 N–H and O–H groups in total. The lowest BCUT2D eigenvalue weighted by molar-refractivity contribution is -0.0675. The highest BCUT2D eigenvalue weighted by Crippen LogP contribution is 2.12. The van der Waals surface area contributed by atoms with Crippen LogP contribution in [0, 0.1) is 6.92 Å². The maximum atomic E-state index is 12.1. The van der Waals surface area contributed by atoms with E-state index in [0.717, 1.165) is 25.2 Å². The van der Waals surface area contributed by atoms with Gasteiger partial charge >= 0.3 is 0 Å². The SMILES string of the molecule is Cc1ccc(C(=O)CCN2C[C@@H](C)O[C@@H](C)C2)cc1. The molecule has 2 rings (SSSR count). The Hall–Kier alpha value is -1.19. The van der Waals surface area contributed by atoms with Gasteiger partial charge in [0.2, 0.25) is 0 Å². The Labute approximate surface area is 115 Å². The third kappa shape index (κ3) is 4.15. The van der Waals surface area contributed by atoms with Gasteiger partial charge in [-0.25, -0.2) is 0 Å². The molecule has 1 aliphatic heterocycles. The quantitative estimate of drug-likeness (QED) is 0.780. The number of rotatable bonds is 4. The molecule has 0 amide bonds. The lowest BCUT2D eigenvalue weighted by atomic mass is 10.1. The second kappa shape index (κ2) is 6.31. The smallest absolute Gasteiger partial charge is 0.164 e. The summed E-state index contributed by atoms with van der Waals surface area (Å²) in [4.78, 5) is 14.4. The van der Waals surface area contributed by atoms with Crippen molar-refractivity contribution in [1.82, 2.24) is 4.90 Å². The van der Waals surface area contributed by atoms with E-state index in [1.165, 1.54) is 5.56 Å². The molecular formula is C16H23NO2. The number of ketones is 1. The lowest BCUT2D eigenvalue weighted by Gasteiger charge is -2.35. The standard InChI is InChI=1S/C16H23NO2/c1-12-4-6-15(7-5-12)16(18)8-9-17-10-13(2)19-14(3)11-17/h4-7,13-14H,8-11H2,1-3H3/t13-,14+. The molecule has 1 aromatic carbocycles. The Kier molecular flexibility index (Phi) is 4.72. The van der Waals surface area contributed by atoms with Crippen LogP contribution in [0.1, 0.15) is 36.2 Å². The van der Waals surface area contributed by atoms with E-state index in [9.17, 15) is 4.79 Å². The summed E-state index contributed by atoms with van der Waals surface area (Å²) in [7, 11) is 0. The molecule has 0 spiro atoms. The molecule has 3 nitrogen and oxygen atoms in total. The highest BCUT2D eigenvalue weighted by atomic mass is 16.5. The number of carbonyl (C=O) groups excluding carboxylic acids is 1. The third-order valence-electron chi connectivity index (χ3n) is 3.52. The van der Waals surface area contributed by atoms with Crippen LogP contribution in [0.5, 0.6) is 0 Å². The predicted octanol–water partition coefficient (Wildman–Crippen LogP) is 2.68. The largest absolute Gasteiger partial charge is 0.373 e. The van der Waals surface area contributed by atoms with Gasteiger partial charge in [-0.15, -0.1) is 0 Å². The maximum Gasteiger partial charge on any atom is 0.164 e. The summed E-state index contributed by atoms with van der Waals surface area (Å²) in [6.45, 7) is 8.88. The van der Waals surface area contributed by atoms with Gasteiger partial charge in [0.1, 0.15) is 0 Å². The van der Waals surface area contributed by atoms with Crippen molar-refractivity contribution in [3.05, 3.63) is 35.4 Å². The summed E-state index contributed by atoms with van der Waals surface area (Å²) in [5, 5.41) is 0. The van der Waals surface area contributed by atoms with Crippen molar-refractivity contribution in [2.24, 2.45) is 0 Å². The number of hydrogen-bond donors (Lipinski definition) is 0. The number of morpholine rings is 1. The average Bonchev–Trinajstić information content (AvgIpc) is 2.36. The minimum Gasteiger partial charge on any atom is -0.373 e. The lowest BCUT2D eigenvalue weighted by Crippen LogP contribution is -2.46. The van der Waals surface area contributed by atoms with Gasteiger partial charge in [-0.3, -0.25) is 9.69 Å². The Bertz CT molecular complexity index is 417. The zero-order chi connectivity index (χ0) is 13.8. The molecule has 0 bridgehead atoms. The van der Waals surface area contributed by atoms with E-state index in [2.05, 4.69) is 18.7 Å². The molecule has 2 atom stereocenters. The van der Waals surface area contributed by atoms with Gasteiger partial charge in [0.15, 0.2) is 5.78 Å². The fraction of sp³-hybridized carbons (Fsp3) is 0.562. The minimum atomic E-state index is 0.229. The number of hydrogen-bond acceptors (Lipinski definition) is 3. The fourth-order valence-electron chi connectivity index (χ4n) is 2.61. The van der Waals surface area contributed by atoms with E-state index in [0.29, 0.717) is 6.42 Å². The zero-order valence-corrected chi connectivity index (χ0v) is 12.1. The van der Waals surface area contributed by atoms with Gasteiger partial charge in [0, 0.05) is 31.6 Å². The molecule has 1 aromatic rings. The second-order valence-corrected chi connectivity index (χ2v) is 5.56. The van der Waals surface area contributed by atoms with Gasteiger partial charge in [0.05, 0.1) is 12.2 Å². The molecule has 1 aliphatic rings. The molecule has 0 unspecified atom stereocenters. The summed E-state index contributed by atoms with van der Waals surface area (Å²) >= 11 is 0. The Morgan fingerprint density at radius 1 is 1.21 bits per heavy atom. The van der Waals surface area contributed by atoms with E-state index >= 15 is 0 Å². The van der Waals surface area contributed by atoms with Crippen molar-refractivity contribution >= 4 is 5.78 Å². The summed E-state index contributed by atoms with van der Waals surface area (Å²) in [6.07, 6.45) is 1.11. The molecule has 0 radical (unpaired) electrons. The Morgan fingerprint density at radius 3 is 2.37 bits per heavy atom. The van der Waals surface area contributed by atoms with Gasteiger partial charge < -0.3 is 4.74 Å². The van der Waals surface area contributed by atoms with Gasteiger partial charge in [-0.1, -0.05) is 29.8 Å². The predicted molar refractivity (Wildman–Crippen MR) is 76.6 cm³/mol. The van der Waals surface area contributed by atoms with Crippen LogP contribution in [-0.2, 0) is 4.74 Å². The van der Waals surface area contributed by atoms with Crippen molar-refractivity contribution in [3.8, 4) is 0 Å². The van der Waals surface area contributed by atoms with Gasteiger partial charge in [-0.2, -0.15) is 0 Å². The second-order valence-electron chi connectivity index (χ2n) is 5.56. The first-order valence-corrected chi connectivity index (χ1v) is 7.02. The Balaban J connectivity index is 1.84. The maximum absolute atomic E-state index is 12.1. The third-order valence-corrected chi connectivity index (χ3v) is 3.52. The van der Waals surface area contributed by atoms with Crippen LogP contribution in [0.15, 0.2) is 24.3 Å². The van der Waals surface area contributed by atoms with Crippen molar-refractivity contribution < 1.29 is 9.53 Å². The van der Waals surface area contributed by atoms with E-state index in [1.54, 1.807) is 0 Å². The molecule has 1 fully saturated rings. The van der Waals surface area contributed by atoms with Gasteiger partial charge in [-0.05, 0) is 20.8 Å². The molecule has 3 heteroatoms. The normalized spacial score (nSPS) is 24.4. The summed E-state index contributed by atoms with van der Waals surface area (Å²) < 4.78 is 5.69. The van der Waals surface area contributed by atoms with Crippen LogP contribution in [0.4, 0.5) is 0 Å². The van der Waals surface area contributed by atoms with Crippen LogP contribution in [-0.4, -0.2) is 42.5 Å². The number of ether oxygens (including phenoxy) is 1. The highest BCUT2D eigenvalue weighted by Gasteiger charge is 2.22. The molecule has 1 saturated heterocycles. The molecule has 0 aromatic heterocycles. The minimum absolute atomic E-state index is 0.229. The summed E-state index contributed by atoms with van der Waals surface area (Å²) in [5.74, 6) is 0.229. The van der Waals surface area contributed by atoms with Crippen LogP contribution < -0.4 is 0 Å². The van der Waals surface area contributed by atoms with Crippen LogP contribution in [0.2, 0.25) is 0 Å². The van der Waals surface area contributed by atoms with Gasteiger partial charge in [0.25, 0.3) is 0 Å². The van der Waals surface area contributed by atoms with E-state index in [-0.39, 0.29) is 18.0 Å². The molecule has 19 heavy (non-hydrogen) atoms. The number of nitrogens with zero attached hydrogens (tertiary/aromatic N) is 1. The van der Waals surface area contributed by atoms with Crippen LogP contribution >= 0.6 is 0 Å². The first kappa shape index (κ1) is 14.2. The number of benzene rings is 1. The molecule has 0 saturated carbocycles. The number of carbonyl (C=O) groups is 1. The van der Waals surface area contributed by atoms with Crippen molar-refractivity contribution in [1.29, 1.82) is 0 Å². The fourth-order valence-corrected chi connectivity index (χ4v) is 2.61. The monoisotopic (exact) mass is 261 g/mol. The van der Waals surface area contributed by atoms with E-state index in [1.807, 2.05) is 31.2 Å². The molecule has 104 valence electrons. The number of Topliss-reactive ketones (excluding diaryl/α,β-unsaturated/α-hetero) is 1. The zero-order valence-electron chi connectivity index (χ0n) is 12.1. The van der Waals surface area contributed by atoms with Crippen molar-refractivity contribution in [2.45, 2.75) is 39.4 Å². The summed E-state index contributed by atoms with van der Waals surface area (Å²) in [6, 6.07) is 7.82. The van der Waals surface area contributed by atoms with Crippen molar-refractivity contribution in [3.63, 3.8) is 0 Å². The first-order valence-electron chi connectivity index (χ1n) is 7.02. The van der Waals surface area contributed by atoms with Crippen LogP contribution in [0.25, 0.3) is 0 Å². The highest BCUT2D eigenvalue weighted by molar-refractivity contribution is 5.96. The average molecular weight is 261 g/mol. The first-order chi connectivity index (χ1) is 9.04. The molecule has 0 aliphatic carbocycles. The molecule has 1 heterocycles. The Morgan fingerprint density at radius 2 is 1.79 bits per heavy atom. The summed E-state index contributed by atoms with van der Waals surface area (Å²) in [5.41, 5.74) is 2.01. The van der Waals surface area contributed by atoms with Crippen molar-refractivity contribution in [2.75, 3.05) is 19.6 Å². The van der Waals surface area contributed by atoms with E-state index < -0.39 is 0 Å².